The first-order chi connectivity index (χ1) is 14.1. The van der Waals surface area contributed by atoms with Crippen molar-refractivity contribution in [2.45, 2.75) is 103 Å². The SMILES string of the molecule is O=P(O)(O)CCCCCCCCCCCCCCCCCCOc1ccccc1. The predicted molar refractivity (Wildman–Crippen MR) is 123 cm³/mol. The summed E-state index contributed by atoms with van der Waals surface area (Å²) >= 11 is 0. The van der Waals surface area contributed by atoms with E-state index in [1.807, 2.05) is 30.3 Å². The van der Waals surface area contributed by atoms with Gasteiger partial charge in [-0.2, -0.15) is 0 Å². The maximum atomic E-state index is 10.7. The Morgan fingerprint density at radius 2 is 0.966 bits per heavy atom. The van der Waals surface area contributed by atoms with Gasteiger partial charge in [-0.1, -0.05) is 108 Å². The molecule has 0 amide bonds. The molecule has 0 radical (unpaired) electrons. The standard InChI is InChI=1S/C24H43O4P/c25-29(26,27)23-19-14-12-10-8-6-4-2-1-3-5-7-9-11-13-18-22-28-24-20-16-15-17-21-24/h15-17,20-21H,1-14,18-19,22-23H2,(H2,25,26,27). The van der Waals surface area contributed by atoms with Crippen molar-refractivity contribution in [1.29, 1.82) is 0 Å². The van der Waals surface area contributed by atoms with Gasteiger partial charge in [0.15, 0.2) is 0 Å². The molecule has 0 atom stereocenters. The number of benzene rings is 1. The molecular formula is C24H43O4P. The third-order valence-corrected chi connectivity index (χ3v) is 6.25. The number of unbranched alkanes of at least 4 members (excludes halogenated alkanes) is 15. The summed E-state index contributed by atoms with van der Waals surface area (Å²) in [4.78, 5) is 17.6. The molecule has 0 fully saturated rings. The van der Waals surface area contributed by atoms with Gasteiger partial charge in [0.2, 0.25) is 0 Å². The molecule has 168 valence electrons. The largest absolute Gasteiger partial charge is 0.494 e. The molecular weight excluding hydrogens is 383 g/mol. The van der Waals surface area contributed by atoms with Crippen LogP contribution in [0.1, 0.15) is 103 Å². The lowest BCUT2D eigenvalue weighted by Crippen LogP contribution is -1.96. The molecule has 0 aliphatic heterocycles. The third-order valence-electron chi connectivity index (χ3n) is 5.36. The zero-order valence-corrected chi connectivity index (χ0v) is 19.2. The normalized spacial score (nSPS) is 11.7. The molecule has 29 heavy (non-hydrogen) atoms. The van der Waals surface area contributed by atoms with Crippen LogP contribution in [0.15, 0.2) is 30.3 Å². The predicted octanol–water partition coefficient (Wildman–Crippen LogP) is 7.48. The van der Waals surface area contributed by atoms with E-state index in [-0.39, 0.29) is 6.16 Å². The Kier molecular flexibility index (Phi) is 16.2. The minimum atomic E-state index is -3.77. The summed E-state index contributed by atoms with van der Waals surface area (Å²) in [6, 6.07) is 10.1. The maximum Gasteiger partial charge on any atom is 0.325 e. The minimum absolute atomic E-state index is 0.0513. The van der Waals surface area contributed by atoms with Crippen LogP contribution in [0, 0.1) is 0 Å². The van der Waals surface area contributed by atoms with E-state index in [2.05, 4.69) is 0 Å². The number of hydrogen-bond donors (Lipinski definition) is 2. The van der Waals surface area contributed by atoms with E-state index in [0.29, 0.717) is 6.42 Å². The van der Waals surface area contributed by atoms with Crippen LogP contribution < -0.4 is 4.74 Å². The first-order valence-corrected chi connectivity index (χ1v) is 13.6. The summed E-state index contributed by atoms with van der Waals surface area (Å²) in [7, 11) is -3.77. The molecule has 0 bridgehead atoms. The van der Waals surface area contributed by atoms with Gasteiger partial charge in [-0.05, 0) is 25.0 Å². The van der Waals surface area contributed by atoms with Gasteiger partial charge in [-0.25, -0.2) is 0 Å². The van der Waals surface area contributed by atoms with Crippen LogP contribution in [-0.2, 0) is 4.57 Å². The second kappa shape index (κ2) is 18.0. The van der Waals surface area contributed by atoms with Crippen molar-refractivity contribution < 1.29 is 19.1 Å². The number of rotatable bonds is 20. The highest BCUT2D eigenvalue weighted by molar-refractivity contribution is 7.51. The molecule has 0 aromatic heterocycles. The maximum absolute atomic E-state index is 10.7. The van der Waals surface area contributed by atoms with Crippen molar-refractivity contribution in [3.05, 3.63) is 30.3 Å². The lowest BCUT2D eigenvalue weighted by molar-refractivity contribution is 0.304. The summed E-state index contributed by atoms with van der Waals surface area (Å²) in [5, 5.41) is 0. The second-order valence-electron chi connectivity index (χ2n) is 8.21. The molecule has 0 heterocycles. The molecule has 4 nitrogen and oxygen atoms in total. The number of ether oxygens (including phenoxy) is 1. The number of para-hydroxylation sites is 1. The Morgan fingerprint density at radius 3 is 1.38 bits per heavy atom. The van der Waals surface area contributed by atoms with Crippen LogP contribution in [0.4, 0.5) is 0 Å². The minimum Gasteiger partial charge on any atom is -0.494 e. The third kappa shape index (κ3) is 18.9. The van der Waals surface area contributed by atoms with E-state index in [0.717, 1.165) is 31.6 Å². The van der Waals surface area contributed by atoms with Crippen molar-refractivity contribution in [1.82, 2.24) is 0 Å². The highest BCUT2D eigenvalue weighted by Crippen LogP contribution is 2.35. The Hall–Kier alpha value is -0.830. The Labute approximate surface area is 178 Å². The fourth-order valence-corrected chi connectivity index (χ4v) is 4.24. The summed E-state index contributed by atoms with van der Waals surface area (Å²) in [5.74, 6) is 0.977. The summed E-state index contributed by atoms with van der Waals surface area (Å²) in [6.45, 7) is 0.831. The van der Waals surface area contributed by atoms with Crippen LogP contribution in [0.2, 0.25) is 0 Å². The molecule has 1 rings (SSSR count). The van der Waals surface area contributed by atoms with Gasteiger partial charge in [-0.3, -0.25) is 4.57 Å². The van der Waals surface area contributed by atoms with E-state index >= 15 is 0 Å². The van der Waals surface area contributed by atoms with Crippen LogP contribution >= 0.6 is 7.60 Å². The van der Waals surface area contributed by atoms with Gasteiger partial charge in [-0.15, -0.1) is 0 Å². The van der Waals surface area contributed by atoms with E-state index in [1.165, 1.54) is 77.0 Å². The Bertz CT molecular complexity index is 515. The highest BCUT2D eigenvalue weighted by Gasteiger charge is 2.10. The van der Waals surface area contributed by atoms with Gasteiger partial charge in [0.25, 0.3) is 0 Å². The molecule has 0 saturated heterocycles. The molecule has 0 saturated carbocycles. The van der Waals surface area contributed by atoms with Gasteiger partial charge in [0.1, 0.15) is 5.75 Å². The number of hydrogen-bond acceptors (Lipinski definition) is 2. The molecule has 5 heteroatoms. The lowest BCUT2D eigenvalue weighted by atomic mass is 10.0. The quantitative estimate of drug-likeness (QED) is 0.167. The smallest absolute Gasteiger partial charge is 0.325 e. The average molecular weight is 427 g/mol. The molecule has 0 aliphatic carbocycles. The summed E-state index contributed by atoms with van der Waals surface area (Å²) in [6.07, 6.45) is 19.8. The Morgan fingerprint density at radius 1 is 0.586 bits per heavy atom. The lowest BCUT2D eigenvalue weighted by Gasteiger charge is -2.06. The van der Waals surface area contributed by atoms with Gasteiger partial charge in [0.05, 0.1) is 6.61 Å². The zero-order valence-electron chi connectivity index (χ0n) is 18.3. The fraction of sp³-hybridized carbons (Fsp3) is 0.750. The van der Waals surface area contributed by atoms with Crippen molar-refractivity contribution in [2.75, 3.05) is 12.8 Å². The van der Waals surface area contributed by atoms with Gasteiger partial charge >= 0.3 is 7.60 Å². The molecule has 0 aliphatic rings. The van der Waals surface area contributed by atoms with Crippen LogP contribution in [0.3, 0.4) is 0 Å². The van der Waals surface area contributed by atoms with Crippen LogP contribution in [-0.4, -0.2) is 22.6 Å². The average Bonchev–Trinajstić information content (AvgIpc) is 2.69. The van der Waals surface area contributed by atoms with Crippen LogP contribution in [0.5, 0.6) is 5.75 Å². The highest BCUT2D eigenvalue weighted by atomic mass is 31.2. The van der Waals surface area contributed by atoms with Crippen molar-refractivity contribution in [3.8, 4) is 5.75 Å². The Balaban J connectivity index is 1.69. The van der Waals surface area contributed by atoms with Crippen molar-refractivity contribution >= 4 is 7.60 Å². The van der Waals surface area contributed by atoms with Crippen molar-refractivity contribution in [2.24, 2.45) is 0 Å². The van der Waals surface area contributed by atoms with Gasteiger partial charge < -0.3 is 14.5 Å². The van der Waals surface area contributed by atoms with E-state index < -0.39 is 7.60 Å². The molecule has 0 spiro atoms. The monoisotopic (exact) mass is 426 g/mol. The summed E-state index contributed by atoms with van der Waals surface area (Å²) in [5.41, 5.74) is 0. The first-order valence-electron chi connectivity index (χ1n) is 11.8. The zero-order chi connectivity index (χ0) is 21.0. The molecule has 0 unspecified atom stereocenters. The fourth-order valence-electron chi connectivity index (χ4n) is 3.60. The molecule has 1 aromatic carbocycles. The van der Waals surface area contributed by atoms with Crippen LogP contribution in [0.25, 0.3) is 0 Å². The van der Waals surface area contributed by atoms with E-state index in [9.17, 15) is 4.57 Å². The molecule has 1 aromatic rings. The topological polar surface area (TPSA) is 66.8 Å². The summed E-state index contributed by atoms with van der Waals surface area (Å²) < 4.78 is 16.5. The van der Waals surface area contributed by atoms with E-state index in [1.54, 1.807) is 0 Å². The molecule has 2 N–H and O–H groups in total. The van der Waals surface area contributed by atoms with E-state index in [4.69, 9.17) is 14.5 Å². The van der Waals surface area contributed by atoms with Gasteiger partial charge in [0, 0.05) is 6.16 Å². The second-order valence-corrected chi connectivity index (χ2v) is 9.98. The van der Waals surface area contributed by atoms with Crippen molar-refractivity contribution in [3.63, 3.8) is 0 Å². The first kappa shape index (κ1) is 26.2.